The predicted molar refractivity (Wildman–Crippen MR) is 94.9 cm³/mol. The topological polar surface area (TPSA) is 117 Å². The van der Waals surface area contributed by atoms with Gasteiger partial charge in [-0.05, 0) is 31.4 Å². The van der Waals surface area contributed by atoms with Gasteiger partial charge in [0.25, 0.3) is 5.91 Å². The largest absolute Gasteiger partial charge is 0.493 e. The van der Waals surface area contributed by atoms with Gasteiger partial charge < -0.3 is 29.6 Å². The van der Waals surface area contributed by atoms with Gasteiger partial charge in [-0.25, -0.2) is 4.79 Å². The highest BCUT2D eigenvalue weighted by atomic mass is 16.5. The van der Waals surface area contributed by atoms with Crippen molar-refractivity contribution in [2.75, 3.05) is 34.5 Å². The normalized spacial score (nSPS) is 16.4. The molecule has 0 aromatic heterocycles. The molecule has 1 aromatic rings. The van der Waals surface area contributed by atoms with Crippen molar-refractivity contribution in [2.24, 2.45) is 5.73 Å². The Hall–Kier alpha value is -2.97. The number of carbonyl (C=O) groups is 3. The second-order valence-electron chi connectivity index (χ2n) is 5.96. The number of nitrogens with two attached hydrogens (primary N) is 1. The minimum atomic E-state index is -0.756. The van der Waals surface area contributed by atoms with Gasteiger partial charge in [-0.3, -0.25) is 9.59 Å². The van der Waals surface area contributed by atoms with E-state index in [1.54, 1.807) is 0 Å². The first-order valence-electron chi connectivity index (χ1n) is 8.49. The maximum Gasteiger partial charge on any atom is 0.342 e. The summed E-state index contributed by atoms with van der Waals surface area (Å²) < 4.78 is 20.8. The van der Waals surface area contributed by atoms with Crippen molar-refractivity contribution < 1.29 is 33.3 Å². The molecule has 2 N–H and O–H groups in total. The van der Waals surface area contributed by atoms with E-state index in [9.17, 15) is 14.4 Å². The van der Waals surface area contributed by atoms with E-state index >= 15 is 0 Å². The number of hydrogen-bond acceptors (Lipinski definition) is 7. The fourth-order valence-electron chi connectivity index (χ4n) is 3.08. The van der Waals surface area contributed by atoms with Crippen molar-refractivity contribution in [1.82, 2.24) is 4.90 Å². The van der Waals surface area contributed by atoms with Gasteiger partial charge in [0, 0.05) is 6.54 Å². The zero-order valence-electron chi connectivity index (χ0n) is 15.6. The van der Waals surface area contributed by atoms with Crippen LogP contribution in [0.25, 0.3) is 0 Å². The minimum Gasteiger partial charge on any atom is -0.493 e. The van der Waals surface area contributed by atoms with Crippen molar-refractivity contribution in [3.63, 3.8) is 0 Å². The van der Waals surface area contributed by atoms with Crippen molar-refractivity contribution in [3.05, 3.63) is 17.7 Å². The fourth-order valence-corrected chi connectivity index (χ4v) is 3.08. The average Bonchev–Trinajstić information content (AvgIpc) is 2.70. The summed E-state index contributed by atoms with van der Waals surface area (Å²) in [6, 6.07) is 2.33. The zero-order valence-corrected chi connectivity index (χ0v) is 15.6. The number of carbonyl (C=O) groups excluding carboxylic acids is 3. The Morgan fingerprint density at radius 3 is 2.37 bits per heavy atom. The molecule has 27 heavy (non-hydrogen) atoms. The number of nitrogens with zero attached hydrogens (tertiary/aromatic N) is 1. The van der Waals surface area contributed by atoms with Crippen molar-refractivity contribution in [1.29, 1.82) is 0 Å². The first-order chi connectivity index (χ1) is 12.9. The van der Waals surface area contributed by atoms with Gasteiger partial charge in [-0.1, -0.05) is 0 Å². The monoisotopic (exact) mass is 380 g/mol. The first-order valence-corrected chi connectivity index (χ1v) is 8.49. The van der Waals surface area contributed by atoms with Crippen LogP contribution >= 0.6 is 0 Å². The standard InChI is InChI=1S/C18H24N2O7/c1-24-13-8-7-11(15(25-2)16(13)26-3)18(23)27-10-14(21)20-9-5-4-6-12(20)17(19)22/h7-8,12H,4-6,9-10H2,1-3H3,(H2,19,22)/t12-/m0/s1. The van der Waals surface area contributed by atoms with E-state index in [2.05, 4.69) is 0 Å². The summed E-state index contributed by atoms with van der Waals surface area (Å²) in [5.41, 5.74) is 5.45. The van der Waals surface area contributed by atoms with Gasteiger partial charge in [-0.15, -0.1) is 0 Å². The number of ether oxygens (including phenoxy) is 4. The maximum absolute atomic E-state index is 12.4. The Balaban J connectivity index is 2.11. The van der Waals surface area contributed by atoms with Gasteiger partial charge in [-0.2, -0.15) is 0 Å². The molecule has 1 fully saturated rings. The van der Waals surface area contributed by atoms with E-state index < -0.39 is 30.4 Å². The van der Waals surface area contributed by atoms with E-state index in [1.807, 2.05) is 0 Å². The molecule has 0 aliphatic carbocycles. The highest BCUT2D eigenvalue weighted by molar-refractivity contribution is 5.96. The minimum absolute atomic E-state index is 0.0908. The smallest absolute Gasteiger partial charge is 0.342 e. The Kier molecular flexibility index (Phi) is 6.86. The van der Waals surface area contributed by atoms with E-state index in [1.165, 1.54) is 38.4 Å². The molecular weight excluding hydrogens is 356 g/mol. The summed E-state index contributed by atoms with van der Waals surface area (Å²) in [7, 11) is 4.26. The number of esters is 1. The lowest BCUT2D eigenvalue weighted by Gasteiger charge is -2.33. The molecule has 0 bridgehead atoms. The van der Waals surface area contributed by atoms with Gasteiger partial charge in [0.1, 0.15) is 11.6 Å². The van der Waals surface area contributed by atoms with Crippen LogP contribution in [-0.4, -0.2) is 63.2 Å². The maximum atomic E-state index is 12.4. The van der Waals surface area contributed by atoms with Crippen LogP contribution in [0.3, 0.4) is 0 Å². The fraction of sp³-hybridized carbons (Fsp3) is 0.500. The van der Waals surface area contributed by atoms with Crippen LogP contribution in [0.2, 0.25) is 0 Å². The van der Waals surface area contributed by atoms with Gasteiger partial charge >= 0.3 is 5.97 Å². The predicted octanol–water partition coefficient (Wildman–Crippen LogP) is 0.736. The van der Waals surface area contributed by atoms with E-state index in [0.29, 0.717) is 18.7 Å². The Labute approximate surface area is 157 Å². The number of hydrogen-bond donors (Lipinski definition) is 1. The Morgan fingerprint density at radius 1 is 1.07 bits per heavy atom. The lowest BCUT2D eigenvalue weighted by molar-refractivity contribution is -0.143. The van der Waals surface area contributed by atoms with E-state index in [0.717, 1.165) is 12.8 Å². The van der Waals surface area contributed by atoms with E-state index in [-0.39, 0.29) is 17.1 Å². The second-order valence-corrected chi connectivity index (χ2v) is 5.96. The first kappa shape index (κ1) is 20.3. The summed E-state index contributed by atoms with van der Waals surface area (Å²) in [6.45, 7) is -0.0935. The summed E-state index contributed by atoms with van der Waals surface area (Å²) in [5.74, 6) is -1.01. The van der Waals surface area contributed by atoms with E-state index in [4.69, 9.17) is 24.7 Å². The molecule has 1 aromatic carbocycles. The lowest BCUT2D eigenvalue weighted by atomic mass is 10.0. The van der Waals surface area contributed by atoms with Gasteiger partial charge in [0.15, 0.2) is 18.1 Å². The second kappa shape index (κ2) is 9.11. The Morgan fingerprint density at radius 2 is 1.78 bits per heavy atom. The molecule has 0 unspecified atom stereocenters. The van der Waals surface area contributed by atoms with Crippen LogP contribution in [0.15, 0.2) is 12.1 Å². The number of methoxy groups -OCH3 is 3. The molecule has 0 radical (unpaired) electrons. The van der Waals surface area contributed by atoms with Crippen molar-refractivity contribution in [3.8, 4) is 17.2 Å². The van der Waals surface area contributed by atoms with Gasteiger partial charge in [0.05, 0.1) is 21.3 Å². The molecule has 1 aliphatic rings. The van der Waals surface area contributed by atoms with Gasteiger partial charge in [0.2, 0.25) is 11.7 Å². The van der Waals surface area contributed by atoms with Crippen LogP contribution in [0.4, 0.5) is 0 Å². The quantitative estimate of drug-likeness (QED) is 0.693. The van der Waals surface area contributed by atoms with Crippen LogP contribution in [0, 0.1) is 0 Å². The molecule has 0 saturated carbocycles. The third-order valence-corrected chi connectivity index (χ3v) is 4.40. The number of primary amides is 1. The molecule has 9 nitrogen and oxygen atoms in total. The third kappa shape index (κ3) is 4.42. The van der Waals surface area contributed by atoms with Crippen LogP contribution < -0.4 is 19.9 Å². The molecule has 1 heterocycles. The number of piperidine rings is 1. The third-order valence-electron chi connectivity index (χ3n) is 4.40. The Bertz CT molecular complexity index is 720. The van der Waals surface area contributed by atoms with Crippen molar-refractivity contribution in [2.45, 2.75) is 25.3 Å². The van der Waals surface area contributed by atoms with Crippen LogP contribution in [-0.2, 0) is 14.3 Å². The highest BCUT2D eigenvalue weighted by Gasteiger charge is 2.31. The molecule has 0 spiro atoms. The summed E-state index contributed by atoms with van der Waals surface area (Å²) >= 11 is 0. The molecule has 148 valence electrons. The zero-order chi connectivity index (χ0) is 20.0. The lowest BCUT2D eigenvalue weighted by Crippen LogP contribution is -2.51. The number of rotatable bonds is 7. The molecule has 1 atom stereocenters. The molecule has 9 heteroatoms. The summed E-state index contributed by atoms with van der Waals surface area (Å²) in [4.78, 5) is 37.7. The number of benzene rings is 1. The molecular formula is C18H24N2O7. The SMILES string of the molecule is COc1ccc(C(=O)OCC(=O)N2CCCC[C@H]2C(N)=O)c(OC)c1OC. The number of amides is 2. The summed E-state index contributed by atoms with van der Waals surface area (Å²) in [5, 5.41) is 0. The molecule has 2 amide bonds. The molecule has 1 aliphatic heterocycles. The van der Waals surface area contributed by atoms with Crippen molar-refractivity contribution >= 4 is 17.8 Å². The average molecular weight is 380 g/mol. The number of likely N-dealkylation sites (tertiary alicyclic amines) is 1. The molecule has 1 saturated heterocycles. The van der Waals surface area contributed by atoms with Crippen LogP contribution in [0.5, 0.6) is 17.2 Å². The summed E-state index contributed by atoms with van der Waals surface area (Å²) in [6.07, 6.45) is 2.10. The highest BCUT2D eigenvalue weighted by Crippen LogP contribution is 2.39. The van der Waals surface area contributed by atoms with Crippen LogP contribution in [0.1, 0.15) is 29.6 Å². The molecule has 2 rings (SSSR count).